The Morgan fingerprint density at radius 1 is 1.36 bits per heavy atom. The van der Waals surface area contributed by atoms with Gasteiger partial charge in [-0.05, 0) is 43.9 Å². The van der Waals surface area contributed by atoms with E-state index < -0.39 is 0 Å². The maximum Gasteiger partial charge on any atom is 0.220 e. The Morgan fingerprint density at radius 2 is 2.23 bits per heavy atom. The van der Waals surface area contributed by atoms with Gasteiger partial charge in [-0.1, -0.05) is 0 Å². The first-order valence-corrected chi connectivity index (χ1v) is 8.26. The summed E-state index contributed by atoms with van der Waals surface area (Å²) in [6, 6.07) is 2.79. The van der Waals surface area contributed by atoms with Crippen molar-refractivity contribution in [1.82, 2.24) is 20.4 Å². The van der Waals surface area contributed by atoms with E-state index in [1.807, 2.05) is 0 Å². The quantitative estimate of drug-likeness (QED) is 0.862. The van der Waals surface area contributed by atoms with Crippen LogP contribution in [0.2, 0.25) is 0 Å². The average molecular weight is 301 g/mol. The lowest BCUT2D eigenvalue weighted by atomic mass is 10.0. The van der Waals surface area contributed by atoms with Crippen LogP contribution in [0.15, 0.2) is 6.07 Å². The Bertz CT molecular complexity index is 584. The minimum atomic E-state index is 0.196. The lowest BCUT2D eigenvalue weighted by molar-refractivity contribution is -0.119. The van der Waals surface area contributed by atoms with Gasteiger partial charge in [0.25, 0.3) is 0 Å². The number of fused-ring (bicyclic) bond motifs is 1. The van der Waals surface area contributed by atoms with Crippen molar-refractivity contribution in [3.63, 3.8) is 0 Å². The van der Waals surface area contributed by atoms with Gasteiger partial charge in [-0.25, -0.2) is 0 Å². The van der Waals surface area contributed by atoms with E-state index in [2.05, 4.69) is 38.4 Å². The van der Waals surface area contributed by atoms with E-state index in [-0.39, 0.29) is 5.91 Å². The van der Waals surface area contributed by atoms with Crippen LogP contribution in [0.5, 0.6) is 0 Å². The lowest BCUT2D eigenvalue weighted by Crippen LogP contribution is -2.59. The third-order valence-corrected chi connectivity index (χ3v) is 5.22. The highest BCUT2D eigenvalue weighted by Crippen LogP contribution is 2.26. The fourth-order valence-electron chi connectivity index (χ4n) is 3.74. The predicted molar refractivity (Wildman–Crippen MR) is 83.8 cm³/mol. The molecule has 0 bridgehead atoms. The van der Waals surface area contributed by atoms with Gasteiger partial charge in [0, 0.05) is 38.6 Å². The maximum atomic E-state index is 11.3. The fraction of sp³-hybridized carbons (Fsp3) is 0.688. The maximum absolute atomic E-state index is 11.3. The molecule has 6 nitrogen and oxygen atoms in total. The van der Waals surface area contributed by atoms with E-state index in [0.29, 0.717) is 18.4 Å². The number of hydrogen-bond donors (Lipinski definition) is 1. The Balaban J connectivity index is 1.31. The third kappa shape index (κ3) is 2.56. The molecule has 6 heteroatoms. The molecule has 1 amide bonds. The molecule has 22 heavy (non-hydrogen) atoms. The number of nitrogens with zero attached hydrogens (tertiary/aromatic N) is 4. The molecular formula is C16H23N5O. The summed E-state index contributed by atoms with van der Waals surface area (Å²) in [5.41, 5.74) is 2.58. The molecule has 0 aromatic carbocycles. The monoisotopic (exact) mass is 301 g/mol. The molecule has 1 aliphatic carbocycles. The number of nitrogens with one attached hydrogen (secondary N) is 1. The third-order valence-electron chi connectivity index (χ3n) is 5.22. The fourth-order valence-corrected chi connectivity index (χ4v) is 3.74. The van der Waals surface area contributed by atoms with E-state index >= 15 is 0 Å². The summed E-state index contributed by atoms with van der Waals surface area (Å²) >= 11 is 0. The summed E-state index contributed by atoms with van der Waals surface area (Å²) in [7, 11) is 2.17. The smallest absolute Gasteiger partial charge is 0.220 e. The molecule has 1 aromatic rings. The predicted octanol–water partition coefficient (Wildman–Crippen LogP) is 0.222. The molecule has 1 aromatic heterocycles. The average Bonchev–Trinajstić information content (AvgIpc) is 3.05. The topological polar surface area (TPSA) is 61.4 Å². The first-order chi connectivity index (χ1) is 10.7. The standard InChI is InChI=1S/C16H23N5O/c1-20(8-11-5-16(22)17-7-11)13-9-21(10-13)15-6-12-3-2-4-14(12)18-19-15/h6,11,13H,2-5,7-10H2,1H3,(H,17,22). The number of carbonyl (C=O) groups is 1. The molecule has 0 spiro atoms. The molecule has 1 unspecified atom stereocenters. The van der Waals surface area contributed by atoms with Crippen molar-refractivity contribution >= 4 is 11.7 Å². The number of aryl methyl sites for hydroxylation is 2. The molecule has 0 radical (unpaired) electrons. The minimum absolute atomic E-state index is 0.196. The van der Waals surface area contributed by atoms with Crippen molar-refractivity contribution in [1.29, 1.82) is 0 Å². The highest BCUT2D eigenvalue weighted by molar-refractivity contribution is 5.78. The second-order valence-electron chi connectivity index (χ2n) is 6.90. The SMILES string of the molecule is CN(CC1CNC(=O)C1)C1CN(c2cc3c(nn2)CCC3)C1. The number of carbonyl (C=O) groups excluding carboxylic acids is 1. The van der Waals surface area contributed by atoms with Gasteiger partial charge in [0.1, 0.15) is 0 Å². The van der Waals surface area contributed by atoms with Gasteiger partial charge in [-0.2, -0.15) is 5.10 Å². The van der Waals surface area contributed by atoms with Crippen molar-refractivity contribution in [2.24, 2.45) is 5.92 Å². The zero-order valence-electron chi connectivity index (χ0n) is 13.1. The van der Waals surface area contributed by atoms with Crippen LogP contribution in [0.1, 0.15) is 24.1 Å². The van der Waals surface area contributed by atoms with E-state index in [1.165, 1.54) is 17.7 Å². The van der Waals surface area contributed by atoms with E-state index in [1.54, 1.807) is 0 Å². The number of rotatable bonds is 4. The lowest BCUT2D eigenvalue weighted by Gasteiger charge is -2.45. The number of anilines is 1. The van der Waals surface area contributed by atoms with Crippen LogP contribution in [0, 0.1) is 5.92 Å². The summed E-state index contributed by atoms with van der Waals surface area (Å²) in [4.78, 5) is 16.0. The molecule has 2 saturated heterocycles. The van der Waals surface area contributed by atoms with Crippen LogP contribution < -0.4 is 10.2 Å². The van der Waals surface area contributed by atoms with Gasteiger partial charge in [-0.3, -0.25) is 9.69 Å². The van der Waals surface area contributed by atoms with Crippen LogP contribution >= 0.6 is 0 Å². The Labute approximate surface area is 130 Å². The van der Waals surface area contributed by atoms with Crippen LogP contribution in [0.3, 0.4) is 0 Å². The van der Waals surface area contributed by atoms with Crippen molar-refractivity contribution in [3.05, 3.63) is 17.3 Å². The van der Waals surface area contributed by atoms with Crippen molar-refractivity contribution < 1.29 is 4.79 Å². The summed E-state index contributed by atoms with van der Waals surface area (Å²) in [6.07, 6.45) is 4.13. The minimum Gasteiger partial charge on any atom is -0.356 e. The van der Waals surface area contributed by atoms with E-state index in [4.69, 9.17) is 0 Å². The second-order valence-corrected chi connectivity index (χ2v) is 6.90. The number of aromatic nitrogens is 2. The number of hydrogen-bond acceptors (Lipinski definition) is 5. The highest BCUT2D eigenvalue weighted by atomic mass is 16.1. The number of amides is 1. The Morgan fingerprint density at radius 3 is 3.00 bits per heavy atom. The molecule has 2 aliphatic heterocycles. The first-order valence-electron chi connectivity index (χ1n) is 8.26. The van der Waals surface area contributed by atoms with Crippen molar-refractivity contribution in [2.45, 2.75) is 31.7 Å². The molecule has 1 atom stereocenters. The van der Waals surface area contributed by atoms with E-state index in [9.17, 15) is 4.79 Å². The Hall–Kier alpha value is -1.69. The molecule has 4 rings (SSSR count). The molecular weight excluding hydrogens is 278 g/mol. The number of likely N-dealkylation sites (N-methyl/N-ethyl adjacent to an activating group) is 1. The van der Waals surface area contributed by atoms with Crippen molar-refractivity contribution in [2.75, 3.05) is 38.1 Å². The Kier molecular flexibility index (Phi) is 3.48. The van der Waals surface area contributed by atoms with Gasteiger partial charge in [0.2, 0.25) is 5.91 Å². The van der Waals surface area contributed by atoms with Gasteiger partial charge < -0.3 is 10.2 Å². The zero-order valence-corrected chi connectivity index (χ0v) is 13.1. The van der Waals surface area contributed by atoms with Gasteiger partial charge in [-0.15, -0.1) is 5.10 Å². The first kappa shape index (κ1) is 13.9. The summed E-state index contributed by atoms with van der Waals surface area (Å²) in [5.74, 6) is 1.69. The molecule has 118 valence electrons. The van der Waals surface area contributed by atoms with Crippen LogP contribution in [-0.2, 0) is 17.6 Å². The summed E-state index contributed by atoms with van der Waals surface area (Å²) in [5, 5.41) is 11.7. The largest absolute Gasteiger partial charge is 0.356 e. The highest BCUT2D eigenvalue weighted by Gasteiger charge is 2.33. The van der Waals surface area contributed by atoms with Crippen molar-refractivity contribution in [3.8, 4) is 0 Å². The van der Waals surface area contributed by atoms with E-state index in [0.717, 1.165) is 44.8 Å². The zero-order chi connectivity index (χ0) is 15.1. The summed E-state index contributed by atoms with van der Waals surface area (Å²) in [6.45, 7) is 3.85. The molecule has 3 aliphatic rings. The van der Waals surface area contributed by atoms with Crippen LogP contribution in [0.25, 0.3) is 0 Å². The normalized spacial score (nSPS) is 24.5. The molecule has 1 N–H and O–H groups in total. The van der Waals surface area contributed by atoms with Gasteiger partial charge >= 0.3 is 0 Å². The van der Waals surface area contributed by atoms with Crippen LogP contribution in [-0.4, -0.2) is 60.3 Å². The molecule has 0 saturated carbocycles. The van der Waals surface area contributed by atoms with Crippen LogP contribution in [0.4, 0.5) is 5.82 Å². The summed E-state index contributed by atoms with van der Waals surface area (Å²) < 4.78 is 0. The molecule has 3 heterocycles. The molecule has 2 fully saturated rings. The van der Waals surface area contributed by atoms with Gasteiger partial charge in [0.05, 0.1) is 5.69 Å². The second kappa shape index (κ2) is 5.50. The van der Waals surface area contributed by atoms with Gasteiger partial charge in [0.15, 0.2) is 5.82 Å².